The summed E-state index contributed by atoms with van der Waals surface area (Å²) >= 11 is 3.87. The number of H-pyrrole nitrogens is 1. The largest absolute Gasteiger partial charge is 0.481 e. The highest BCUT2D eigenvalue weighted by Gasteiger charge is 2.30. The van der Waals surface area contributed by atoms with E-state index in [1.807, 2.05) is 0 Å². The molecule has 0 fully saturated rings. The Hall–Kier alpha value is -3.66. The zero-order valence-electron chi connectivity index (χ0n) is 18.5. The lowest BCUT2D eigenvalue weighted by Crippen LogP contribution is -2.58. The quantitative estimate of drug-likeness (QED) is 0.104. The average Bonchev–Trinajstić information content (AvgIpc) is 3.30. The summed E-state index contributed by atoms with van der Waals surface area (Å²) in [6.45, 7) is 0. The molecule has 15 nitrogen and oxygen atoms in total. The fourth-order valence-electron chi connectivity index (χ4n) is 2.78. The SMILES string of the molecule is NC(CCC(=O)O)C(=O)NC(CCC(=O)O)C(=O)NC(Cc1cnc[nH]1)C(=O)NC(CS)C(=O)O. The average molecular weight is 517 g/mol. The molecule has 1 aromatic heterocycles. The maximum absolute atomic E-state index is 12.9. The lowest BCUT2D eigenvalue weighted by molar-refractivity contribution is -0.141. The van der Waals surface area contributed by atoms with E-state index in [1.165, 1.54) is 12.5 Å². The second-order valence-corrected chi connectivity index (χ2v) is 7.82. The van der Waals surface area contributed by atoms with Crippen molar-refractivity contribution in [2.24, 2.45) is 5.73 Å². The summed E-state index contributed by atoms with van der Waals surface area (Å²) in [7, 11) is 0. The Morgan fingerprint density at radius 3 is 1.94 bits per heavy atom. The van der Waals surface area contributed by atoms with Gasteiger partial charge in [-0.25, -0.2) is 9.78 Å². The summed E-state index contributed by atoms with van der Waals surface area (Å²) in [5.74, 6) is -6.68. The van der Waals surface area contributed by atoms with E-state index in [2.05, 4.69) is 38.5 Å². The number of nitrogens with one attached hydrogen (secondary N) is 4. The van der Waals surface area contributed by atoms with E-state index in [-0.39, 0.29) is 25.0 Å². The number of aliphatic carboxylic acids is 3. The maximum atomic E-state index is 12.9. The van der Waals surface area contributed by atoms with E-state index in [1.54, 1.807) is 0 Å². The van der Waals surface area contributed by atoms with Gasteiger partial charge < -0.3 is 42.0 Å². The molecule has 9 N–H and O–H groups in total. The van der Waals surface area contributed by atoms with Gasteiger partial charge in [0.05, 0.1) is 12.4 Å². The van der Waals surface area contributed by atoms with Gasteiger partial charge in [-0.2, -0.15) is 12.6 Å². The fourth-order valence-corrected chi connectivity index (χ4v) is 3.03. The number of hydrogen-bond donors (Lipinski definition) is 9. The van der Waals surface area contributed by atoms with Gasteiger partial charge in [0.1, 0.15) is 18.1 Å². The number of rotatable bonds is 16. The topological polar surface area (TPSA) is 254 Å². The second kappa shape index (κ2) is 14.6. The van der Waals surface area contributed by atoms with Crippen LogP contribution in [0.25, 0.3) is 0 Å². The molecule has 0 spiro atoms. The first-order valence-corrected chi connectivity index (χ1v) is 11.0. The summed E-state index contributed by atoms with van der Waals surface area (Å²) in [6, 6.07) is -5.37. The molecular weight excluding hydrogens is 488 g/mol. The van der Waals surface area contributed by atoms with Crippen molar-refractivity contribution in [3.63, 3.8) is 0 Å². The molecule has 0 aromatic carbocycles. The molecule has 0 bridgehead atoms. The standard InChI is InChI=1S/C19H28N6O9S/c20-10(1-3-14(26)27)16(30)23-11(2-4-15(28)29)17(31)24-12(5-9-6-21-8-22-9)18(32)25-13(7-35)19(33)34/h6,8,10-13,35H,1-5,7,20H2,(H,21,22)(H,23,30)(H,24,31)(H,25,32)(H,26,27)(H,28,29)(H,33,34). The fraction of sp³-hybridized carbons (Fsp3) is 0.526. The predicted molar refractivity (Wildman–Crippen MR) is 121 cm³/mol. The van der Waals surface area contributed by atoms with Crippen LogP contribution >= 0.6 is 12.6 Å². The van der Waals surface area contributed by atoms with Gasteiger partial charge in [-0.1, -0.05) is 0 Å². The van der Waals surface area contributed by atoms with Gasteiger partial charge >= 0.3 is 17.9 Å². The minimum absolute atomic E-state index is 0.131. The molecule has 1 aromatic rings. The molecule has 0 aliphatic carbocycles. The van der Waals surface area contributed by atoms with Gasteiger partial charge in [0.15, 0.2) is 0 Å². The van der Waals surface area contributed by atoms with E-state index in [0.29, 0.717) is 5.69 Å². The number of nitrogens with zero attached hydrogens (tertiary/aromatic N) is 1. The highest BCUT2D eigenvalue weighted by atomic mass is 32.1. The molecule has 0 saturated carbocycles. The maximum Gasteiger partial charge on any atom is 0.327 e. The number of carbonyl (C=O) groups excluding carboxylic acids is 3. The number of hydrogen-bond acceptors (Lipinski definition) is 9. The number of carboxylic acid groups (broad SMARTS) is 3. The van der Waals surface area contributed by atoms with Crippen LogP contribution in [0, 0.1) is 0 Å². The molecule has 16 heteroatoms. The molecule has 0 aliphatic heterocycles. The predicted octanol–water partition coefficient (Wildman–Crippen LogP) is -2.52. The van der Waals surface area contributed by atoms with Crippen LogP contribution in [0.2, 0.25) is 0 Å². The zero-order valence-corrected chi connectivity index (χ0v) is 19.4. The van der Waals surface area contributed by atoms with Crippen molar-refractivity contribution in [1.82, 2.24) is 25.9 Å². The summed E-state index contributed by atoms with van der Waals surface area (Å²) in [6.07, 6.45) is 1.09. The highest BCUT2D eigenvalue weighted by Crippen LogP contribution is 2.05. The number of aromatic nitrogens is 2. The molecule has 0 aliphatic rings. The van der Waals surface area contributed by atoms with E-state index >= 15 is 0 Å². The Bertz CT molecular complexity index is 911. The van der Waals surface area contributed by atoms with Crippen LogP contribution < -0.4 is 21.7 Å². The lowest BCUT2D eigenvalue weighted by atomic mass is 10.1. The van der Waals surface area contributed by atoms with Crippen LogP contribution in [0.3, 0.4) is 0 Å². The molecular formula is C19H28N6O9S. The minimum Gasteiger partial charge on any atom is -0.481 e. The number of thiol groups is 1. The van der Waals surface area contributed by atoms with Crippen LogP contribution in [0.5, 0.6) is 0 Å². The summed E-state index contributed by atoms with van der Waals surface area (Å²) in [5, 5.41) is 33.8. The molecule has 1 heterocycles. The van der Waals surface area contributed by atoms with Crippen molar-refractivity contribution in [2.45, 2.75) is 56.3 Å². The number of nitrogens with two attached hydrogens (primary N) is 1. The Labute approximate surface area is 204 Å². The van der Waals surface area contributed by atoms with Crippen molar-refractivity contribution >= 4 is 48.3 Å². The number of aromatic amines is 1. The van der Waals surface area contributed by atoms with Gasteiger partial charge in [0.25, 0.3) is 0 Å². The Balaban J connectivity index is 3.02. The van der Waals surface area contributed by atoms with E-state index < -0.39 is 72.6 Å². The molecule has 0 radical (unpaired) electrons. The van der Waals surface area contributed by atoms with E-state index in [9.17, 15) is 28.8 Å². The van der Waals surface area contributed by atoms with Gasteiger partial charge in [-0.05, 0) is 12.8 Å². The summed E-state index contributed by atoms with van der Waals surface area (Å²) in [5.41, 5.74) is 6.07. The van der Waals surface area contributed by atoms with Crippen LogP contribution in [0.4, 0.5) is 0 Å². The van der Waals surface area contributed by atoms with Crippen LogP contribution in [0.15, 0.2) is 12.5 Å². The summed E-state index contributed by atoms with van der Waals surface area (Å²) in [4.78, 5) is 77.5. The summed E-state index contributed by atoms with van der Waals surface area (Å²) < 4.78 is 0. The molecule has 4 atom stereocenters. The van der Waals surface area contributed by atoms with E-state index in [0.717, 1.165) is 0 Å². The van der Waals surface area contributed by atoms with Crippen molar-refractivity contribution in [3.05, 3.63) is 18.2 Å². The van der Waals surface area contributed by atoms with Gasteiger partial charge in [0, 0.05) is 36.9 Å². The zero-order chi connectivity index (χ0) is 26.5. The first-order chi connectivity index (χ1) is 16.4. The van der Waals surface area contributed by atoms with Crippen molar-refractivity contribution in [2.75, 3.05) is 5.75 Å². The number of imidazole rings is 1. The van der Waals surface area contributed by atoms with Crippen LogP contribution in [-0.4, -0.2) is 90.8 Å². The van der Waals surface area contributed by atoms with Crippen molar-refractivity contribution in [3.8, 4) is 0 Å². The normalized spacial score (nSPS) is 14.1. The smallest absolute Gasteiger partial charge is 0.327 e. The van der Waals surface area contributed by atoms with Gasteiger partial charge in [0.2, 0.25) is 17.7 Å². The molecule has 4 unspecified atom stereocenters. The molecule has 35 heavy (non-hydrogen) atoms. The van der Waals surface area contributed by atoms with Crippen LogP contribution in [0.1, 0.15) is 31.4 Å². The third-order valence-electron chi connectivity index (χ3n) is 4.69. The first-order valence-electron chi connectivity index (χ1n) is 10.4. The molecule has 0 saturated heterocycles. The number of carbonyl (C=O) groups is 6. The van der Waals surface area contributed by atoms with Crippen molar-refractivity contribution in [1.29, 1.82) is 0 Å². The second-order valence-electron chi connectivity index (χ2n) is 7.46. The monoisotopic (exact) mass is 516 g/mol. The lowest BCUT2D eigenvalue weighted by Gasteiger charge is -2.24. The van der Waals surface area contributed by atoms with Gasteiger partial charge in [-0.15, -0.1) is 0 Å². The third kappa shape index (κ3) is 10.9. The number of carboxylic acids is 3. The number of amides is 3. The van der Waals surface area contributed by atoms with Crippen LogP contribution in [-0.2, 0) is 35.2 Å². The Morgan fingerprint density at radius 2 is 1.43 bits per heavy atom. The third-order valence-corrected chi connectivity index (χ3v) is 5.06. The van der Waals surface area contributed by atoms with E-state index in [4.69, 9.17) is 21.1 Å². The Morgan fingerprint density at radius 1 is 0.886 bits per heavy atom. The molecule has 1 rings (SSSR count). The van der Waals surface area contributed by atoms with Crippen molar-refractivity contribution < 1.29 is 44.1 Å². The minimum atomic E-state index is -1.42. The Kier molecular flexibility index (Phi) is 12.2. The highest BCUT2D eigenvalue weighted by molar-refractivity contribution is 7.80. The first kappa shape index (κ1) is 29.4. The molecule has 194 valence electrons. The molecule has 3 amide bonds. The van der Waals surface area contributed by atoms with Gasteiger partial charge in [-0.3, -0.25) is 24.0 Å².